The summed E-state index contributed by atoms with van der Waals surface area (Å²) in [4.78, 5) is 11.0. The lowest BCUT2D eigenvalue weighted by molar-refractivity contribution is -0.890. The van der Waals surface area contributed by atoms with Crippen molar-refractivity contribution >= 4 is 5.97 Å². The van der Waals surface area contributed by atoms with E-state index in [0.29, 0.717) is 6.42 Å². The summed E-state index contributed by atoms with van der Waals surface area (Å²) in [5.41, 5.74) is 0. The van der Waals surface area contributed by atoms with Gasteiger partial charge in [0.1, 0.15) is 0 Å². The van der Waals surface area contributed by atoms with Gasteiger partial charge >= 0.3 is 5.97 Å². The molecule has 0 aromatic rings. The topological polar surface area (TPSA) is 26.3 Å². The van der Waals surface area contributed by atoms with Gasteiger partial charge < -0.3 is 33.2 Å². The predicted molar refractivity (Wildman–Crippen MR) is 76.5 cm³/mol. The molecule has 0 saturated carbocycles. The number of quaternary nitrogens is 1. The van der Waals surface area contributed by atoms with Gasteiger partial charge in [0.25, 0.3) is 0 Å². The monoisotopic (exact) mass is 385 g/mol. The van der Waals surface area contributed by atoms with Crippen molar-refractivity contribution in [2.75, 3.05) is 34.3 Å². The molecular formula is C15H32INO2. The zero-order valence-electron chi connectivity index (χ0n) is 13.2. The Morgan fingerprint density at radius 2 is 1.47 bits per heavy atom. The molecule has 0 aromatic carbocycles. The molecule has 0 unspecified atom stereocenters. The minimum absolute atomic E-state index is 0. The molecule has 0 N–H and O–H groups in total. The smallest absolute Gasteiger partial charge is 0.305 e. The van der Waals surface area contributed by atoms with Crippen LogP contribution in [-0.4, -0.2) is 44.7 Å². The molecule has 19 heavy (non-hydrogen) atoms. The molecule has 0 bridgehead atoms. The van der Waals surface area contributed by atoms with Crippen LogP contribution in [0.15, 0.2) is 0 Å². The Bertz CT molecular complexity index is 220. The molecule has 3 nitrogen and oxygen atoms in total. The van der Waals surface area contributed by atoms with E-state index in [9.17, 15) is 4.79 Å². The van der Waals surface area contributed by atoms with Crippen molar-refractivity contribution in [3.63, 3.8) is 0 Å². The van der Waals surface area contributed by atoms with Crippen LogP contribution >= 0.6 is 0 Å². The van der Waals surface area contributed by atoms with Crippen LogP contribution in [0.4, 0.5) is 0 Å². The van der Waals surface area contributed by atoms with Crippen molar-refractivity contribution in [2.24, 2.45) is 0 Å². The molecule has 0 amide bonds. The Morgan fingerprint density at radius 1 is 0.947 bits per heavy atom. The Hall–Kier alpha value is 0.160. The van der Waals surface area contributed by atoms with Crippen molar-refractivity contribution in [3.8, 4) is 0 Å². The van der Waals surface area contributed by atoms with Crippen molar-refractivity contribution in [1.29, 1.82) is 0 Å². The highest BCUT2D eigenvalue weighted by Gasteiger charge is 2.14. The van der Waals surface area contributed by atoms with Gasteiger partial charge in [-0.1, -0.05) is 32.6 Å². The minimum atomic E-state index is -0.0884. The van der Waals surface area contributed by atoms with Crippen LogP contribution in [0.2, 0.25) is 0 Å². The third kappa shape index (κ3) is 14.4. The summed E-state index contributed by atoms with van der Waals surface area (Å²) < 4.78 is 5.67. The maximum atomic E-state index is 11.0. The fourth-order valence-electron chi connectivity index (χ4n) is 2.19. The first kappa shape index (κ1) is 21.5. The number of esters is 1. The van der Waals surface area contributed by atoms with E-state index < -0.39 is 0 Å². The zero-order chi connectivity index (χ0) is 13.9. The van der Waals surface area contributed by atoms with Gasteiger partial charge in [0.05, 0.1) is 40.7 Å². The van der Waals surface area contributed by atoms with Gasteiger partial charge in [-0.05, 0) is 12.8 Å². The highest BCUT2D eigenvalue weighted by atomic mass is 127. The second-order valence-corrected chi connectivity index (χ2v) is 5.83. The lowest BCUT2D eigenvalue weighted by Crippen LogP contribution is -3.00. The number of carbonyl (C=O) groups is 1. The average Bonchev–Trinajstić information content (AvgIpc) is 2.33. The van der Waals surface area contributed by atoms with Crippen LogP contribution in [0.25, 0.3) is 0 Å². The first-order chi connectivity index (χ1) is 8.52. The maximum absolute atomic E-state index is 11.0. The summed E-state index contributed by atoms with van der Waals surface area (Å²) in [5.74, 6) is -0.0884. The van der Waals surface area contributed by atoms with Crippen molar-refractivity contribution in [2.45, 2.75) is 58.3 Å². The third-order valence-corrected chi connectivity index (χ3v) is 3.49. The van der Waals surface area contributed by atoms with Gasteiger partial charge in [0.2, 0.25) is 0 Å². The molecule has 0 heterocycles. The molecular weight excluding hydrogens is 353 g/mol. The van der Waals surface area contributed by atoms with E-state index in [2.05, 4.69) is 25.8 Å². The van der Waals surface area contributed by atoms with E-state index in [1.54, 1.807) is 0 Å². The van der Waals surface area contributed by atoms with Gasteiger partial charge in [-0.3, -0.25) is 4.79 Å². The number of halogens is 1. The van der Waals surface area contributed by atoms with Gasteiger partial charge in [0, 0.05) is 6.42 Å². The van der Waals surface area contributed by atoms with E-state index >= 15 is 0 Å². The van der Waals surface area contributed by atoms with E-state index in [-0.39, 0.29) is 29.9 Å². The molecule has 0 atom stereocenters. The Labute approximate surface area is 136 Å². The Morgan fingerprint density at radius 3 is 2.05 bits per heavy atom. The second-order valence-electron chi connectivity index (χ2n) is 5.83. The molecule has 0 rings (SSSR count). The minimum Gasteiger partial charge on any atom is -1.00 e. The quantitative estimate of drug-likeness (QED) is 0.223. The maximum Gasteiger partial charge on any atom is 0.305 e. The van der Waals surface area contributed by atoms with Gasteiger partial charge in [0.15, 0.2) is 0 Å². The van der Waals surface area contributed by atoms with Crippen LogP contribution in [-0.2, 0) is 9.53 Å². The summed E-state index contributed by atoms with van der Waals surface area (Å²) in [6.07, 6.45) is 9.56. The molecule has 0 aromatic heterocycles. The highest BCUT2D eigenvalue weighted by Crippen LogP contribution is 2.09. The molecule has 0 fully saturated rings. The molecule has 0 aliphatic rings. The Balaban J connectivity index is 0. The number of nitrogens with zero attached hydrogens (tertiary/aromatic N) is 1. The average molecular weight is 385 g/mol. The fourth-order valence-corrected chi connectivity index (χ4v) is 2.19. The molecule has 0 aliphatic carbocycles. The molecule has 4 heteroatoms. The SMILES string of the molecule is CCCCCCCC[N+](C)(C)CCCC(=O)OC.[I-]. The summed E-state index contributed by atoms with van der Waals surface area (Å²) in [6, 6.07) is 0. The number of unbranched alkanes of at least 4 members (excludes halogenated alkanes) is 5. The lowest BCUT2D eigenvalue weighted by Gasteiger charge is -2.29. The normalized spacial score (nSPS) is 10.9. The number of carbonyl (C=O) groups excluding carboxylic acids is 1. The highest BCUT2D eigenvalue weighted by molar-refractivity contribution is 5.68. The number of ether oxygens (including phenoxy) is 1. The summed E-state index contributed by atoms with van der Waals surface area (Å²) in [5, 5.41) is 0. The standard InChI is InChI=1S/C15H32NO2.HI/c1-5-6-7-8-9-10-13-16(2,3)14-11-12-15(17)18-4;/h5-14H2,1-4H3;1H/q+1;/p-1. The number of hydrogen-bond donors (Lipinski definition) is 0. The Kier molecular flexibility index (Phi) is 14.9. The van der Waals surface area contributed by atoms with Crippen molar-refractivity contribution < 1.29 is 38.0 Å². The molecule has 0 spiro atoms. The molecule has 0 radical (unpaired) electrons. The molecule has 0 saturated heterocycles. The van der Waals surface area contributed by atoms with Crippen LogP contribution in [0.5, 0.6) is 0 Å². The van der Waals surface area contributed by atoms with Gasteiger partial charge in [-0.2, -0.15) is 0 Å². The molecule has 0 aliphatic heterocycles. The van der Waals surface area contributed by atoms with Crippen molar-refractivity contribution in [3.05, 3.63) is 0 Å². The molecule has 116 valence electrons. The van der Waals surface area contributed by atoms with Crippen LogP contribution in [0.3, 0.4) is 0 Å². The van der Waals surface area contributed by atoms with Crippen LogP contribution < -0.4 is 24.0 Å². The number of methoxy groups -OCH3 is 1. The largest absolute Gasteiger partial charge is 1.00 e. The summed E-state index contributed by atoms with van der Waals surface area (Å²) in [6.45, 7) is 4.53. The van der Waals surface area contributed by atoms with E-state index in [1.807, 2.05) is 0 Å². The summed E-state index contributed by atoms with van der Waals surface area (Å²) >= 11 is 0. The van der Waals surface area contributed by atoms with Crippen LogP contribution in [0.1, 0.15) is 58.3 Å². The first-order valence-electron chi connectivity index (χ1n) is 7.40. The van der Waals surface area contributed by atoms with E-state index in [4.69, 9.17) is 0 Å². The number of hydrogen-bond acceptors (Lipinski definition) is 2. The second kappa shape index (κ2) is 13.2. The van der Waals surface area contributed by atoms with Crippen molar-refractivity contribution in [1.82, 2.24) is 0 Å². The van der Waals surface area contributed by atoms with Gasteiger partial charge in [-0.15, -0.1) is 0 Å². The zero-order valence-corrected chi connectivity index (χ0v) is 15.4. The predicted octanol–water partition coefficient (Wildman–Crippen LogP) is 0.381. The van der Waals surface area contributed by atoms with E-state index in [1.165, 1.54) is 52.2 Å². The number of rotatable bonds is 11. The van der Waals surface area contributed by atoms with E-state index in [0.717, 1.165) is 17.4 Å². The first-order valence-corrected chi connectivity index (χ1v) is 7.40. The lowest BCUT2D eigenvalue weighted by atomic mass is 10.1. The van der Waals surface area contributed by atoms with Gasteiger partial charge in [-0.25, -0.2) is 0 Å². The fraction of sp³-hybridized carbons (Fsp3) is 0.933. The van der Waals surface area contributed by atoms with Crippen LogP contribution in [0, 0.1) is 0 Å². The summed E-state index contributed by atoms with van der Waals surface area (Å²) in [7, 11) is 5.96. The third-order valence-electron chi connectivity index (χ3n) is 3.49.